The summed E-state index contributed by atoms with van der Waals surface area (Å²) < 4.78 is 0. The van der Waals surface area contributed by atoms with E-state index in [4.69, 9.17) is 5.73 Å². The van der Waals surface area contributed by atoms with Gasteiger partial charge in [0.2, 0.25) is 0 Å². The lowest BCUT2D eigenvalue weighted by Crippen LogP contribution is -2.23. The Balaban J connectivity index is 2.01. The second-order valence-electron chi connectivity index (χ2n) is 4.50. The molecule has 0 aliphatic heterocycles. The van der Waals surface area contributed by atoms with E-state index < -0.39 is 0 Å². The molecule has 1 nitrogen and oxygen atoms in total. The quantitative estimate of drug-likeness (QED) is 0.580. The zero-order valence-corrected chi connectivity index (χ0v) is 6.51. The van der Waals surface area contributed by atoms with Gasteiger partial charge in [0, 0.05) is 6.04 Å². The second-order valence-corrected chi connectivity index (χ2v) is 4.50. The van der Waals surface area contributed by atoms with E-state index in [-0.39, 0.29) is 0 Å². The van der Waals surface area contributed by atoms with Crippen LogP contribution >= 0.6 is 0 Å². The Morgan fingerprint density at radius 2 is 2.40 bits per heavy atom. The normalized spacial score (nSPS) is 69.0. The molecule has 0 aromatic rings. The smallest absolute Gasteiger partial charge is 0.0104 e. The van der Waals surface area contributed by atoms with Gasteiger partial charge >= 0.3 is 0 Å². The molecule has 4 saturated carbocycles. The highest BCUT2D eigenvalue weighted by molar-refractivity contribution is 5.26. The first-order valence-electron chi connectivity index (χ1n) is 4.55. The minimum atomic E-state index is 0.602. The molecule has 56 valence electrons. The first-order chi connectivity index (χ1) is 4.79. The Kier molecular flexibility index (Phi) is 0.722. The van der Waals surface area contributed by atoms with Crippen LogP contribution in [0.25, 0.3) is 0 Å². The van der Waals surface area contributed by atoms with Crippen LogP contribution in [0.5, 0.6) is 0 Å². The highest BCUT2D eigenvalue weighted by Crippen LogP contribution is 2.79. The van der Waals surface area contributed by atoms with E-state index in [1.54, 1.807) is 0 Å². The lowest BCUT2D eigenvalue weighted by atomic mass is 10.0. The minimum Gasteiger partial charge on any atom is -0.327 e. The molecule has 0 heterocycles. The van der Waals surface area contributed by atoms with Crippen LogP contribution in [0.3, 0.4) is 0 Å². The molecule has 0 unspecified atom stereocenters. The molecule has 4 fully saturated rings. The van der Waals surface area contributed by atoms with E-state index in [1.807, 2.05) is 0 Å². The first-order valence-corrected chi connectivity index (χ1v) is 4.55. The summed E-state index contributed by atoms with van der Waals surface area (Å²) in [5.41, 5.74) is 6.85. The van der Waals surface area contributed by atoms with E-state index in [2.05, 4.69) is 6.92 Å². The molecule has 0 saturated heterocycles. The Morgan fingerprint density at radius 3 is 2.60 bits per heavy atom. The summed E-state index contributed by atoms with van der Waals surface area (Å²) >= 11 is 0. The van der Waals surface area contributed by atoms with Crippen LogP contribution in [0, 0.1) is 23.2 Å². The molecular weight excluding hydrogens is 122 g/mol. The van der Waals surface area contributed by atoms with Gasteiger partial charge in [-0.3, -0.25) is 0 Å². The van der Waals surface area contributed by atoms with Crippen molar-refractivity contribution in [1.82, 2.24) is 0 Å². The standard InChI is InChI=1S/C9H15N/c1-2-9-4-5-3-6(9)7(9)8(5)10/h5-8H,2-4,10H2,1H3/t5-,6+,7-,8+,9+/m0/s1. The summed E-state index contributed by atoms with van der Waals surface area (Å²) in [6, 6.07) is 0.602. The zero-order chi connectivity index (χ0) is 6.93. The number of nitrogens with two attached hydrogens (primary N) is 1. The van der Waals surface area contributed by atoms with Crippen LogP contribution in [-0.4, -0.2) is 6.04 Å². The van der Waals surface area contributed by atoms with Gasteiger partial charge in [0.15, 0.2) is 0 Å². The van der Waals surface area contributed by atoms with Gasteiger partial charge in [-0.05, 0) is 42.4 Å². The number of hydrogen-bond donors (Lipinski definition) is 1. The van der Waals surface area contributed by atoms with Gasteiger partial charge in [0.25, 0.3) is 0 Å². The Hall–Kier alpha value is -0.0400. The van der Waals surface area contributed by atoms with Crippen molar-refractivity contribution in [3.8, 4) is 0 Å². The van der Waals surface area contributed by atoms with Crippen molar-refractivity contribution in [3.63, 3.8) is 0 Å². The number of rotatable bonds is 1. The molecule has 2 N–H and O–H groups in total. The molecule has 4 bridgehead atoms. The molecule has 10 heavy (non-hydrogen) atoms. The third-order valence-electron chi connectivity index (χ3n) is 4.54. The van der Waals surface area contributed by atoms with Gasteiger partial charge in [-0.15, -0.1) is 0 Å². The maximum Gasteiger partial charge on any atom is 0.0104 e. The molecule has 0 spiro atoms. The Morgan fingerprint density at radius 1 is 1.60 bits per heavy atom. The molecule has 4 rings (SSSR count). The van der Waals surface area contributed by atoms with Crippen molar-refractivity contribution in [2.24, 2.45) is 28.9 Å². The third kappa shape index (κ3) is 0.334. The fourth-order valence-corrected chi connectivity index (χ4v) is 4.06. The van der Waals surface area contributed by atoms with Gasteiger partial charge in [-0.2, -0.15) is 0 Å². The minimum absolute atomic E-state index is 0.602. The molecule has 0 aromatic heterocycles. The second kappa shape index (κ2) is 1.29. The average Bonchev–Trinajstić information content (AvgIpc) is 2.36. The summed E-state index contributed by atoms with van der Waals surface area (Å²) in [6.45, 7) is 2.34. The molecule has 1 heteroatoms. The largest absolute Gasteiger partial charge is 0.327 e. The van der Waals surface area contributed by atoms with Crippen molar-refractivity contribution < 1.29 is 0 Å². The van der Waals surface area contributed by atoms with Crippen LogP contribution in [0.15, 0.2) is 0 Å². The van der Waals surface area contributed by atoms with Crippen LogP contribution in [0.4, 0.5) is 0 Å². The first kappa shape index (κ1) is 5.59. The molecular formula is C9H15N. The van der Waals surface area contributed by atoms with Crippen molar-refractivity contribution in [2.75, 3.05) is 0 Å². The molecule has 4 aliphatic rings. The van der Waals surface area contributed by atoms with Crippen molar-refractivity contribution in [1.29, 1.82) is 0 Å². The summed E-state index contributed by atoms with van der Waals surface area (Å²) in [7, 11) is 0. The van der Waals surface area contributed by atoms with Gasteiger partial charge in [-0.25, -0.2) is 0 Å². The van der Waals surface area contributed by atoms with Crippen LogP contribution in [0.1, 0.15) is 26.2 Å². The third-order valence-corrected chi connectivity index (χ3v) is 4.54. The van der Waals surface area contributed by atoms with Gasteiger partial charge in [0.05, 0.1) is 0 Å². The highest BCUT2D eigenvalue weighted by Gasteiger charge is 2.76. The van der Waals surface area contributed by atoms with E-state index in [1.165, 1.54) is 19.3 Å². The van der Waals surface area contributed by atoms with Crippen molar-refractivity contribution in [2.45, 2.75) is 32.2 Å². The maximum absolute atomic E-state index is 6.07. The van der Waals surface area contributed by atoms with E-state index in [0.717, 1.165) is 23.2 Å². The van der Waals surface area contributed by atoms with Gasteiger partial charge in [-0.1, -0.05) is 6.92 Å². The monoisotopic (exact) mass is 137 g/mol. The van der Waals surface area contributed by atoms with Gasteiger partial charge in [0.1, 0.15) is 0 Å². The summed E-state index contributed by atoms with van der Waals surface area (Å²) in [6.07, 6.45) is 4.34. The van der Waals surface area contributed by atoms with Crippen molar-refractivity contribution >= 4 is 0 Å². The highest BCUT2D eigenvalue weighted by atomic mass is 14.9. The predicted octanol–water partition coefficient (Wildman–Crippen LogP) is 1.38. The fraction of sp³-hybridized carbons (Fsp3) is 1.00. The summed E-state index contributed by atoms with van der Waals surface area (Å²) in [4.78, 5) is 0. The SMILES string of the molecule is CC[C@@]12C[C@@H]3C[C@@H]1[C@H]2[C@@H]3N. The fourth-order valence-electron chi connectivity index (χ4n) is 4.06. The zero-order valence-electron chi connectivity index (χ0n) is 6.51. The predicted molar refractivity (Wildman–Crippen MR) is 40.4 cm³/mol. The molecule has 5 atom stereocenters. The van der Waals surface area contributed by atoms with E-state index in [9.17, 15) is 0 Å². The molecule has 4 aliphatic carbocycles. The lowest BCUT2D eigenvalue weighted by molar-refractivity contribution is 0.463. The summed E-state index contributed by atoms with van der Waals surface area (Å²) in [5, 5.41) is 0. The Labute approximate surface area is 62.0 Å². The van der Waals surface area contributed by atoms with E-state index >= 15 is 0 Å². The van der Waals surface area contributed by atoms with Gasteiger partial charge < -0.3 is 5.73 Å². The topological polar surface area (TPSA) is 26.0 Å². The van der Waals surface area contributed by atoms with Crippen LogP contribution < -0.4 is 5.73 Å². The van der Waals surface area contributed by atoms with E-state index in [0.29, 0.717) is 6.04 Å². The van der Waals surface area contributed by atoms with Crippen LogP contribution in [-0.2, 0) is 0 Å². The summed E-state index contributed by atoms with van der Waals surface area (Å²) in [5.74, 6) is 2.95. The molecule has 0 aromatic carbocycles. The van der Waals surface area contributed by atoms with Crippen LogP contribution in [0.2, 0.25) is 0 Å². The number of hydrogen-bond acceptors (Lipinski definition) is 1. The average molecular weight is 137 g/mol. The molecule has 0 radical (unpaired) electrons. The lowest BCUT2D eigenvalue weighted by Gasteiger charge is -2.04. The maximum atomic E-state index is 6.07. The van der Waals surface area contributed by atoms with Crippen molar-refractivity contribution in [3.05, 3.63) is 0 Å². The molecule has 0 amide bonds. The Bertz CT molecular complexity index is 189.